The summed E-state index contributed by atoms with van der Waals surface area (Å²) in [6.07, 6.45) is 1.86. The molecule has 0 radical (unpaired) electrons. The quantitative estimate of drug-likeness (QED) is 0.762. The minimum absolute atomic E-state index is 0.0516. The first kappa shape index (κ1) is 21.5. The number of aryl methyl sites for hydroxylation is 3. The lowest BCUT2D eigenvalue weighted by molar-refractivity contribution is -0.121. The number of anilines is 2. The molecular formula is C23H27N3O4S. The number of hydrogen-bond donors (Lipinski definition) is 2. The Morgan fingerprint density at radius 2 is 1.81 bits per heavy atom. The highest BCUT2D eigenvalue weighted by Gasteiger charge is 2.33. The molecule has 1 fully saturated rings. The zero-order chi connectivity index (χ0) is 22.2. The van der Waals surface area contributed by atoms with E-state index in [1.165, 1.54) is 4.31 Å². The van der Waals surface area contributed by atoms with Gasteiger partial charge < -0.3 is 10.6 Å². The Morgan fingerprint density at radius 3 is 2.55 bits per heavy atom. The van der Waals surface area contributed by atoms with E-state index in [0.717, 1.165) is 22.4 Å². The Morgan fingerprint density at radius 1 is 1.06 bits per heavy atom. The summed E-state index contributed by atoms with van der Waals surface area (Å²) in [4.78, 5) is 24.5. The molecule has 0 spiro atoms. The Balaban J connectivity index is 1.41. The third-order valence-electron chi connectivity index (χ3n) is 6.09. The van der Waals surface area contributed by atoms with Crippen molar-refractivity contribution in [2.24, 2.45) is 5.92 Å². The van der Waals surface area contributed by atoms with Crippen molar-refractivity contribution in [3.8, 4) is 0 Å². The zero-order valence-electron chi connectivity index (χ0n) is 17.8. The average Bonchev–Trinajstić information content (AvgIpc) is 2.76. The van der Waals surface area contributed by atoms with Crippen molar-refractivity contribution in [2.45, 2.75) is 44.4 Å². The van der Waals surface area contributed by atoms with Crippen molar-refractivity contribution >= 4 is 33.2 Å². The van der Waals surface area contributed by atoms with Gasteiger partial charge >= 0.3 is 0 Å². The summed E-state index contributed by atoms with van der Waals surface area (Å²) in [5.41, 5.74) is 4.40. The van der Waals surface area contributed by atoms with Crippen LogP contribution in [0.15, 0.2) is 41.3 Å². The first-order valence-electron chi connectivity index (χ1n) is 10.5. The standard InChI is InChI=1S/C23H27N3O4S/c1-15-3-4-16(2)21(13-15)25-23(28)17-9-11-26(12-10-17)31(29,30)19-6-7-20-18(14-19)5-8-22(27)24-20/h3-4,6-7,13-14,17H,5,8-12H2,1-2H3,(H,24,27)(H,25,28). The lowest BCUT2D eigenvalue weighted by Crippen LogP contribution is -2.41. The lowest BCUT2D eigenvalue weighted by atomic mass is 9.97. The van der Waals surface area contributed by atoms with Gasteiger partial charge in [-0.3, -0.25) is 9.59 Å². The molecule has 0 saturated carbocycles. The van der Waals surface area contributed by atoms with Crippen LogP contribution >= 0.6 is 0 Å². The highest BCUT2D eigenvalue weighted by atomic mass is 32.2. The van der Waals surface area contributed by atoms with Gasteiger partial charge in [-0.2, -0.15) is 4.31 Å². The molecule has 0 bridgehead atoms. The molecule has 8 heteroatoms. The van der Waals surface area contributed by atoms with E-state index in [1.54, 1.807) is 18.2 Å². The molecule has 2 aliphatic rings. The molecule has 7 nitrogen and oxygen atoms in total. The summed E-state index contributed by atoms with van der Waals surface area (Å²) < 4.78 is 27.7. The Labute approximate surface area is 182 Å². The predicted molar refractivity (Wildman–Crippen MR) is 119 cm³/mol. The summed E-state index contributed by atoms with van der Waals surface area (Å²) in [6.45, 7) is 4.55. The van der Waals surface area contributed by atoms with Crippen LogP contribution in [0.1, 0.15) is 36.0 Å². The maximum absolute atomic E-state index is 13.1. The lowest BCUT2D eigenvalue weighted by Gasteiger charge is -2.31. The highest BCUT2D eigenvalue weighted by Crippen LogP contribution is 2.29. The van der Waals surface area contributed by atoms with Crippen LogP contribution in [0, 0.1) is 19.8 Å². The highest BCUT2D eigenvalue weighted by molar-refractivity contribution is 7.89. The number of rotatable bonds is 4. The van der Waals surface area contributed by atoms with E-state index in [1.807, 2.05) is 32.0 Å². The number of carbonyl (C=O) groups is 2. The molecule has 2 N–H and O–H groups in total. The maximum atomic E-state index is 13.1. The third kappa shape index (κ3) is 4.50. The molecule has 0 atom stereocenters. The summed E-state index contributed by atoms with van der Waals surface area (Å²) in [6, 6.07) is 10.8. The van der Waals surface area contributed by atoms with Gasteiger partial charge in [-0.15, -0.1) is 0 Å². The van der Waals surface area contributed by atoms with Crippen molar-refractivity contribution in [3.05, 3.63) is 53.1 Å². The average molecular weight is 442 g/mol. The number of nitrogens with zero attached hydrogens (tertiary/aromatic N) is 1. The van der Waals surface area contributed by atoms with Crippen LogP contribution in [0.3, 0.4) is 0 Å². The minimum atomic E-state index is -3.64. The summed E-state index contributed by atoms with van der Waals surface area (Å²) >= 11 is 0. The summed E-state index contributed by atoms with van der Waals surface area (Å²) in [5, 5.41) is 5.77. The Bertz CT molecular complexity index is 1140. The third-order valence-corrected chi connectivity index (χ3v) is 7.98. The molecule has 2 aliphatic heterocycles. The van der Waals surface area contributed by atoms with Crippen LogP contribution in [0.4, 0.5) is 11.4 Å². The molecule has 0 unspecified atom stereocenters. The van der Waals surface area contributed by atoms with Crippen LogP contribution in [-0.4, -0.2) is 37.6 Å². The van der Waals surface area contributed by atoms with Crippen molar-refractivity contribution in [1.29, 1.82) is 0 Å². The molecule has 2 aromatic rings. The number of hydrogen-bond acceptors (Lipinski definition) is 4. The summed E-state index contributed by atoms with van der Waals surface area (Å²) in [5.74, 6) is -0.329. The summed E-state index contributed by atoms with van der Waals surface area (Å²) in [7, 11) is -3.64. The second-order valence-electron chi connectivity index (χ2n) is 8.35. The molecule has 0 aliphatic carbocycles. The van der Waals surface area contributed by atoms with Crippen molar-refractivity contribution in [1.82, 2.24) is 4.31 Å². The maximum Gasteiger partial charge on any atom is 0.243 e. The molecular weight excluding hydrogens is 414 g/mol. The second kappa shape index (κ2) is 8.43. The van der Waals surface area contributed by atoms with E-state index in [2.05, 4.69) is 10.6 Å². The van der Waals surface area contributed by atoms with E-state index in [4.69, 9.17) is 0 Å². The number of amides is 2. The van der Waals surface area contributed by atoms with E-state index in [0.29, 0.717) is 44.5 Å². The SMILES string of the molecule is Cc1ccc(C)c(NC(=O)C2CCN(S(=O)(=O)c3ccc4c(c3)CCC(=O)N4)CC2)c1. The van der Waals surface area contributed by atoms with Gasteiger partial charge in [0.1, 0.15) is 0 Å². The Hall–Kier alpha value is -2.71. The van der Waals surface area contributed by atoms with E-state index < -0.39 is 10.0 Å². The van der Waals surface area contributed by atoms with Crippen LogP contribution in [-0.2, 0) is 26.0 Å². The van der Waals surface area contributed by atoms with Crippen molar-refractivity contribution in [3.63, 3.8) is 0 Å². The van der Waals surface area contributed by atoms with Crippen LogP contribution in [0.5, 0.6) is 0 Å². The Kier molecular flexibility index (Phi) is 5.85. The van der Waals surface area contributed by atoms with Crippen LogP contribution < -0.4 is 10.6 Å². The monoisotopic (exact) mass is 441 g/mol. The number of piperidine rings is 1. The largest absolute Gasteiger partial charge is 0.326 e. The molecule has 4 rings (SSSR count). The van der Waals surface area contributed by atoms with Gasteiger partial charge in [-0.1, -0.05) is 12.1 Å². The fourth-order valence-electron chi connectivity index (χ4n) is 4.13. The minimum Gasteiger partial charge on any atom is -0.326 e. The van der Waals surface area contributed by atoms with Crippen molar-refractivity contribution in [2.75, 3.05) is 23.7 Å². The van der Waals surface area contributed by atoms with E-state index >= 15 is 0 Å². The van der Waals surface area contributed by atoms with Gasteiger partial charge in [0, 0.05) is 36.8 Å². The first-order valence-corrected chi connectivity index (χ1v) is 12.0. The normalized spacial score (nSPS) is 17.7. The van der Waals surface area contributed by atoms with Gasteiger partial charge in [-0.05, 0) is 74.1 Å². The molecule has 2 amide bonds. The number of fused-ring (bicyclic) bond motifs is 1. The van der Waals surface area contributed by atoms with E-state index in [-0.39, 0.29) is 22.6 Å². The number of benzene rings is 2. The topological polar surface area (TPSA) is 95.6 Å². The fourth-order valence-corrected chi connectivity index (χ4v) is 5.65. The number of sulfonamides is 1. The van der Waals surface area contributed by atoms with Gasteiger partial charge in [0.2, 0.25) is 21.8 Å². The molecule has 1 saturated heterocycles. The van der Waals surface area contributed by atoms with Crippen LogP contribution in [0.25, 0.3) is 0 Å². The van der Waals surface area contributed by atoms with Crippen molar-refractivity contribution < 1.29 is 18.0 Å². The predicted octanol–water partition coefficient (Wildman–Crippen LogP) is 3.23. The molecule has 164 valence electrons. The number of nitrogens with one attached hydrogen (secondary N) is 2. The second-order valence-corrected chi connectivity index (χ2v) is 10.3. The van der Waals surface area contributed by atoms with Gasteiger partial charge in [0.25, 0.3) is 0 Å². The first-order chi connectivity index (χ1) is 14.7. The number of carbonyl (C=O) groups excluding carboxylic acids is 2. The molecule has 0 aromatic heterocycles. The van der Waals surface area contributed by atoms with Gasteiger partial charge in [0.05, 0.1) is 4.90 Å². The molecule has 2 aromatic carbocycles. The fraction of sp³-hybridized carbons (Fsp3) is 0.391. The van der Waals surface area contributed by atoms with Gasteiger partial charge in [-0.25, -0.2) is 8.42 Å². The molecule has 31 heavy (non-hydrogen) atoms. The smallest absolute Gasteiger partial charge is 0.243 e. The van der Waals surface area contributed by atoms with E-state index in [9.17, 15) is 18.0 Å². The zero-order valence-corrected chi connectivity index (χ0v) is 18.6. The van der Waals surface area contributed by atoms with Crippen LogP contribution in [0.2, 0.25) is 0 Å². The molecule has 2 heterocycles. The van der Waals surface area contributed by atoms with Gasteiger partial charge in [0.15, 0.2) is 0 Å².